The zero-order valence-corrected chi connectivity index (χ0v) is 71.9. The number of benzene rings is 18. The van der Waals surface area contributed by atoms with Gasteiger partial charge in [0.15, 0.2) is 0 Å². The van der Waals surface area contributed by atoms with Crippen LogP contribution in [0, 0.1) is 0 Å². The van der Waals surface area contributed by atoms with Gasteiger partial charge in [-0.05, 0) is 251 Å². The molecule has 0 fully saturated rings. The summed E-state index contributed by atoms with van der Waals surface area (Å²) in [6, 6.07) is 153. The van der Waals surface area contributed by atoms with Crippen LogP contribution in [0.4, 0.5) is 0 Å². The van der Waals surface area contributed by atoms with Gasteiger partial charge in [0, 0.05) is 98.8 Å². The van der Waals surface area contributed by atoms with Crippen molar-refractivity contribution in [3.8, 4) is 67.5 Å². The second kappa shape index (κ2) is 32.2. The van der Waals surface area contributed by atoms with Crippen molar-refractivity contribution >= 4 is 131 Å². The average Bonchev–Trinajstić information content (AvgIpc) is 1.61. The van der Waals surface area contributed by atoms with Crippen LogP contribution in [0.3, 0.4) is 0 Å². The van der Waals surface area contributed by atoms with Gasteiger partial charge >= 0.3 is 0 Å². The SMILES string of the molecule is CCC(C)c1ccc2c(c1)c1ccccc1n2-c1ccc(-c2ccc(-c3ccc(-n4c5ccccc5c5ccccc54)cc3)cc2)cc1.CCC(C)c1ccc2c(c1)c1ccccc1n2-c1ccc(-c2ccc(-n3c4ccccc4c4ccccc43)cc2)cc1.CCC(C)c1ccc2c(c1)c1ccccc1n2-c1ccc(-n2c3ccccc3c3ccccc32)cc1. The quantitative estimate of drug-likeness (QED) is 0.0979. The lowest BCUT2D eigenvalue weighted by Gasteiger charge is -2.12. The van der Waals surface area contributed by atoms with Crippen molar-refractivity contribution in [3.63, 3.8) is 0 Å². The maximum absolute atomic E-state index is 2.40. The molecular formula is C120H96N6. The standard InChI is InChI=1S/C46H36N2.C40H32N2.C34H28N2/c1-3-31(2)36-24-29-46-42(30-36)41-12-6-9-15-45(41)48(46)38-27-22-35(23-28-38)33-18-16-32(17-19-33)34-20-25-37(26-21-34)47-43-13-7-4-10-39(43)40-11-5-8-14-44(40)47;1-3-27(2)30-20-25-40-36(26-30)35-12-6-9-15-39(35)42(40)32-23-18-29(19-24-32)28-16-21-31(22-17-28)41-37-13-7-4-10-33(37)34-11-5-8-14-38(34)41;1-3-23(2)24-16-21-34-30(22-24)29-12-6-9-15-33(29)36(34)26-19-17-25(18-20-26)35-31-13-7-4-10-27(31)28-11-5-8-14-32(28)35/h4-31H,3H2,1-2H3;4-27H,3H2,1-2H3;4-23H,3H2,1-2H3. The highest BCUT2D eigenvalue weighted by Gasteiger charge is 2.22. The molecule has 0 bridgehead atoms. The Balaban J connectivity index is 0.000000113. The fourth-order valence-corrected chi connectivity index (χ4v) is 19.9. The summed E-state index contributed by atoms with van der Waals surface area (Å²) in [6.07, 6.45) is 3.43. The molecule has 0 aliphatic heterocycles. The first-order valence-corrected chi connectivity index (χ1v) is 44.8. The van der Waals surface area contributed by atoms with Crippen LogP contribution in [0.15, 0.2) is 419 Å². The molecule has 0 aliphatic carbocycles. The number of aromatic nitrogens is 6. The van der Waals surface area contributed by atoms with Crippen molar-refractivity contribution < 1.29 is 0 Å². The maximum atomic E-state index is 2.40. The van der Waals surface area contributed by atoms with Gasteiger partial charge in [-0.15, -0.1) is 0 Å². The molecule has 3 atom stereocenters. The minimum atomic E-state index is 0.549. The highest BCUT2D eigenvalue weighted by Crippen LogP contribution is 2.43. The summed E-state index contributed by atoms with van der Waals surface area (Å²) in [7, 11) is 0. The van der Waals surface area contributed by atoms with Gasteiger partial charge in [-0.1, -0.05) is 296 Å². The minimum Gasteiger partial charge on any atom is -0.309 e. The molecule has 0 amide bonds. The van der Waals surface area contributed by atoms with Gasteiger partial charge < -0.3 is 27.4 Å². The molecule has 0 aliphatic rings. The molecule has 24 rings (SSSR count). The van der Waals surface area contributed by atoms with E-state index in [4.69, 9.17) is 0 Å². The molecule has 6 aromatic heterocycles. The van der Waals surface area contributed by atoms with Crippen molar-refractivity contribution in [1.29, 1.82) is 0 Å². The van der Waals surface area contributed by atoms with Gasteiger partial charge in [-0.2, -0.15) is 0 Å². The smallest absolute Gasteiger partial charge is 0.0541 e. The largest absolute Gasteiger partial charge is 0.309 e. The van der Waals surface area contributed by atoms with Crippen LogP contribution in [-0.4, -0.2) is 27.4 Å². The van der Waals surface area contributed by atoms with Crippen LogP contribution in [0.2, 0.25) is 0 Å². The molecule has 0 N–H and O–H groups in total. The zero-order valence-electron chi connectivity index (χ0n) is 71.9. The zero-order chi connectivity index (χ0) is 84.6. The van der Waals surface area contributed by atoms with Crippen molar-refractivity contribution in [2.75, 3.05) is 0 Å². The minimum absolute atomic E-state index is 0.549. The van der Waals surface area contributed by atoms with E-state index < -0.39 is 0 Å². The van der Waals surface area contributed by atoms with E-state index in [1.165, 1.54) is 215 Å². The molecule has 24 aromatic rings. The fraction of sp³-hybridized carbons (Fsp3) is 0.100. The predicted octanol–water partition coefficient (Wildman–Crippen LogP) is 33.2. The Hall–Kier alpha value is -15.2. The Labute approximate surface area is 734 Å². The summed E-state index contributed by atoms with van der Waals surface area (Å²) in [5, 5.41) is 15.6. The van der Waals surface area contributed by atoms with E-state index in [1.807, 2.05) is 0 Å². The third-order valence-electron chi connectivity index (χ3n) is 27.1. The van der Waals surface area contributed by atoms with Crippen LogP contribution in [0.1, 0.15) is 95.2 Å². The molecule has 6 heterocycles. The third kappa shape index (κ3) is 13.2. The van der Waals surface area contributed by atoms with Crippen LogP contribution in [0.25, 0.3) is 198 Å². The van der Waals surface area contributed by atoms with E-state index in [0.29, 0.717) is 17.8 Å². The molecule has 0 saturated carbocycles. The highest BCUT2D eigenvalue weighted by molar-refractivity contribution is 6.15. The first-order chi connectivity index (χ1) is 62.1. The van der Waals surface area contributed by atoms with E-state index in [2.05, 4.69) is 488 Å². The van der Waals surface area contributed by atoms with Gasteiger partial charge in [0.2, 0.25) is 0 Å². The lowest BCUT2D eigenvalue weighted by Crippen LogP contribution is -1.97. The molecule has 3 unspecified atom stereocenters. The van der Waals surface area contributed by atoms with E-state index in [9.17, 15) is 0 Å². The molecule has 0 radical (unpaired) electrons. The van der Waals surface area contributed by atoms with E-state index in [0.717, 1.165) is 19.3 Å². The van der Waals surface area contributed by atoms with E-state index in [1.54, 1.807) is 0 Å². The van der Waals surface area contributed by atoms with Crippen molar-refractivity contribution in [1.82, 2.24) is 27.4 Å². The van der Waals surface area contributed by atoms with Gasteiger partial charge in [0.25, 0.3) is 0 Å². The highest BCUT2D eigenvalue weighted by atomic mass is 15.0. The number of nitrogens with zero attached hydrogens (tertiary/aromatic N) is 6. The second-order valence-corrected chi connectivity index (χ2v) is 34.2. The Morgan fingerprint density at radius 2 is 0.286 bits per heavy atom. The number of hydrogen-bond acceptors (Lipinski definition) is 0. The topological polar surface area (TPSA) is 29.6 Å². The van der Waals surface area contributed by atoms with E-state index >= 15 is 0 Å². The summed E-state index contributed by atoms with van der Waals surface area (Å²) in [4.78, 5) is 0. The monoisotopic (exact) mass is 1620 g/mol. The van der Waals surface area contributed by atoms with Gasteiger partial charge in [-0.3, -0.25) is 0 Å². The molecule has 0 spiro atoms. The Morgan fingerprint density at radius 1 is 0.151 bits per heavy atom. The number of hydrogen-bond donors (Lipinski definition) is 0. The molecule has 18 aromatic carbocycles. The summed E-state index contributed by atoms with van der Waals surface area (Å²) in [6.45, 7) is 13.7. The van der Waals surface area contributed by atoms with Crippen LogP contribution >= 0.6 is 0 Å². The van der Waals surface area contributed by atoms with Crippen molar-refractivity contribution in [2.45, 2.75) is 78.6 Å². The molecular weight excluding hydrogens is 1530 g/mol. The van der Waals surface area contributed by atoms with Crippen LogP contribution in [0.5, 0.6) is 0 Å². The van der Waals surface area contributed by atoms with Crippen molar-refractivity contribution in [3.05, 3.63) is 435 Å². The van der Waals surface area contributed by atoms with Crippen LogP contribution < -0.4 is 0 Å². The first-order valence-electron chi connectivity index (χ1n) is 44.8. The lowest BCUT2D eigenvalue weighted by atomic mass is 9.97. The molecule has 126 heavy (non-hydrogen) atoms. The number of para-hydroxylation sites is 9. The van der Waals surface area contributed by atoms with Crippen LogP contribution in [-0.2, 0) is 0 Å². The Bertz CT molecular complexity index is 8070. The molecule has 0 saturated heterocycles. The first kappa shape index (κ1) is 76.9. The summed E-state index contributed by atoms with van der Waals surface area (Å²) < 4.78 is 14.3. The lowest BCUT2D eigenvalue weighted by molar-refractivity contribution is 0.735. The molecule has 6 heteroatoms. The maximum Gasteiger partial charge on any atom is 0.0541 e. The number of fused-ring (bicyclic) bond motifs is 18. The number of rotatable bonds is 15. The average molecular weight is 1620 g/mol. The summed E-state index contributed by atoms with van der Waals surface area (Å²) in [5.74, 6) is 1.66. The second-order valence-electron chi connectivity index (χ2n) is 34.2. The van der Waals surface area contributed by atoms with Gasteiger partial charge in [0.05, 0.1) is 66.2 Å². The predicted molar refractivity (Wildman–Crippen MR) is 538 cm³/mol. The fourth-order valence-electron chi connectivity index (χ4n) is 19.9. The molecule has 606 valence electrons. The van der Waals surface area contributed by atoms with Gasteiger partial charge in [-0.25, -0.2) is 0 Å². The van der Waals surface area contributed by atoms with E-state index in [-0.39, 0.29) is 0 Å². The normalized spacial score (nSPS) is 12.5. The Kier molecular flexibility index (Phi) is 19.6. The third-order valence-corrected chi connectivity index (χ3v) is 27.1. The Morgan fingerprint density at radius 3 is 0.452 bits per heavy atom. The van der Waals surface area contributed by atoms with Gasteiger partial charge in [0.1, 0.15) is 0 Å². The molecule has 6 nitrogen and oxygen atoms in total. The summed E-state index contributed by atoms with van der Waals surface area (Å²) >= 11 is 0. The van der Waals surface area contributed by atoms with Crippen molar-refractivity contribution in [2.24, 2.45) is 0 Å². The summed E-state index contributed by atoms with van der Waals surface area (Å²) in [5.41, 5.74) is 33.5.